The van der Waals surface area contributed by atoms with E-state index in [1.807, 2.05) is 30.3 Å². The summed E-state index contributed by atoms with van der Waals surface area (Å²) >= 11 is 0. The van der Waals surface area contributed by atoms with Gasteiger partial charge in [-0.3, -0.25) is 4.79 Å². The van der Waals surface area contributed by atoms with Gasteiger partial charge in [-0.1, -0.05) is 30.3 Å². The minimum absolute atomic E-state index is 0. The molecule has 0 heterocycles. The number of hydrogen-bond acceptors (Lipinski definition) is 2. The van der Waals surface area contributed by atoms with E-state index in [0.29, 0.717) is 6.42 Å². The molecule has 1 radical (unpaired) electrons. The average Bonchev–Trinajstić information content (AvgIpc) is 2.06. The summed E-state index contributed by atoms with van der Waals surface area (Å²) in [5, 5.41) is 8.52. The van der Waals surface area contributed by atoms with Crippen LogP contribution in [0.5, 0.6) is 0 Å². The SMILES string of the molecule is NC(Cc1ccccc1)C(=O)O.[Au]. The molecule has 3 N–H and O–H groups in total. The number of carbonyl (C=O) groups is 1. The van der Waals surface area contributed by atoms with Crippen molar-refractivity contribution in [2.45, 2.75) is 12.5 Å². The Labute approximate surface area is 92.5 Å². The van der Waals surface area contributed by atoms with E-state index >= 15 is 0 Å². The summed E-state index contributed by atoms with van der Waals surface area (Å²) in [6, 6.07) is 8.54. The molecule has 0 amide bonds. The predicted octanol–water partition coefficient (Wildman–Crippen LogP) is 0.639. The van der Waals surface area contributed by atoms with Crippen molar-refractivity contribution in [2.75, 3.05) is 0 Å². The molecule has 0 saturated heterocycles. The molecule has 1 atom stereocenters. The van der Waals surface area contributed by atoms with Crippen molar-refractivity contribution in [1.29, 1.82) is 0 Å². The van der Waals surface area contributed by atoms with Crippen molar-refractivity contribution >= 4 is 5.97 Å². The van der Waals surface area contributed by atoms with E-state index in [-0.39, 0.29) is 22.4 Å². The maximum atomic E-state index is 10.4. The Morgan fingerprint density at radius 1 is 1.38 bits per heavy atom. The monoisotopic (exact) mass is 362 g/mol. The number of hydrogen-bond donors (Lipinski definition) is 2. The molecule has 0 saturated carbocycles. The van der Waals surface area contributed by atoms with E-state index in [2.05, 4.69) is 0 Å². The van der Waals surface area contributed by atoms with E-state index in [1.54, 1.807) is 0 Å². The summed E-state index contributed by atoms with van der Waals surface area (Å²) in [5.74, 6) is -0.959. The van der Waals surface area contributed by atoms with Crippen LogP contribution in [-0.4, -0.2) is 17.1 Å². The summed E-state index contributed by atoms with van der Waals surface area (Å²) < 4.78 is 0. The van der Waals surface area contributed by atoms with Gasteiger partial charge in [-0.25, -0.2) is 0 Å². The molecule has 1 rings (SSSR count). The van der Waals surface area contributed by atoms with E-state index in [1.165, 1.54) is 0 Å². The standard InChI is InChI=1S/C9H11NO2.Au/c10-8(9(11)12)6-7-4-2-1-3-5-7;/h1-5,8H,6,10H2,(H,11,12);. The molecular formula is C9H11AuNO2. The molecule has 0 spiro atoms. The van der Waals surface area contributed by atoms with Gasteiger partial charge in [-0.15, -0.1) is 0 Å². The number of rotatable bonds is 3. The van der Waals surface area contributed by atoms with Crippen LogP contribution in [0.15, 0.2) is 30.3 Å². The second-order valence-electron chi connectivity index (χ2n) is 2.63. The first kappa shape index (κ1) is 12.4. The van der Waals surface area contributed by atoms with Crippen molar-refractivity contribution in [3.05, 3.63) is 35.9 Å². The summed E-state index contributed by atoms with van der Waals surface area (Å²) in [5.41, 5.74) is 6.30. The molecule has 4 heteroatoms. The largest absolute Gasteiger partial charge is 0.480 e. The smallest absolute Gasteiger partial charge is 0.320 e. The minimum atomic E-state index is -0.959. The zero-order valence-electron chi connectivity index (χ0n) is 6.91. The normalized spacial score (nSPS) is 11.5. The van der Waals surface area contributed by atoms with Crippen molar-refractivity contribution in [1.82, 2.24) is 0 Å². The minimum Gasteiger partial charge on any atom is -0.480 e. The Hall–Kier alpha value is -0.610. The zero-order chi connectivity index (χ0) is 8.97. The predicted molar refractivity (Wildman–Crippen MR) is 45.8 cm³/mol. The summed E-state index contributed by atoms with van der Waals surface area (Å²) in [4.78, 5) is 10.4. The molecule has 1 aromatic carbocycles. The van der Waals surface area contributed by atoms with Crippen LogP contribution in [0.2, 0.25) is 0 Å². The van der Waals surface area contributed by atoms with Gasteiger partial charge in [0.25, 0.3) is 0 Å². The van der Waals surface area contributed by atoms with Crippen molar-refractivity contribution < 1.29 is 32.3 Å². The fraction of sp³-hybridized carbons (Fsp3) is 0.222. The Morgan fingerprint density at radius 2 is 1.92 bits per heavy atom. The third kappa shape index (κ3) is 4.24. The van der Waals surface area contributed by atoms with Crippen molar-refractivity contribution in [3.63, 3.8) is 0 Å². The molecule has 0 bridgehead atoms. The fourth-order valence-electron chi connectivity index (χ4n) is 0.955. The van der Waals surface area contributed by atoms with E-state index < -0.39 is 12.0 Å². The second kappa shape index (κ2) is 5.94. The first-order valence-electron chi connectivity index (χ1n) is 3.72. The van der Waals surface area contributed by atoms with Crippen molar-refractivity contribution in [2.24, 2.45) is 5.73 Å². The number of carboxylic acids is 1. The Bertz CT molecular complexity index is 264. The van der Waals surface area contributed by atoms with Crippen LogP contribution in [0, 0.1) is 0 Å². The number of benzene rings is 1. The molecule has 0 aliphatic heterocycles. The van der Waals surface area contributed by atoms with Gasteiger partial charge < -0.3 is 10.8 Å². The molecule has 0 aliphatic rings. The fourth-order valence-corrected chi connectivity index (χ4v) is 0.955. The van der Waals surface area contributed by atoms with Gasteiger partial charge >= 0.3 is 5.97 Å². The van der Waals surface area contributed by atoms with Crippen LogP contribution >= 0.6 is 0 Å². The molecule has 13 heavy (non-hydrogen) atoms. The van der Waals surface area contributed by atoms with Gasteiger partial charge in [0.05, 0.1) is 0 Å². The Morgan fingerprint density at radius 3 is 2.38 bits per heavy atom. The molecule has 1 unspecified atom stereocenters. The maximum Gasteiger partial charge on any atom is 0.320 e. The number of nitrogens with two attached hydrogens (primary N) is 1. The maximum absolute atomic E-state index is 10.4. The third-order valence-corrected chi connectivity index (χ3v) is 1.62. The quantitative estimate of drug-likeness (QED) is 0.776. The third-order valence-electron chi connectivity index (χ3n) is 1.62. The second-order valence-corrected chi connectivity index (χ2v) is 2.63. The molecule has 75 valence electrons. The molecule has 3 nitrogen and oxygen atoms in total. The van der Waals surface area contributed by atoms with Crippen LogP contribution < -0.4 is 5.73 Å². The first-order chi connectivity index (χ1) is 5.70. The average molecular weight is 362 g/mol. The number of carboxylic acid groups (broad SMARTS) is 1. The van der Waals surface area contributed by atoms with E-state index in [0.717, 1.165) is 5.56 Å². The van der Waals surface area contributed by atoms with Gasteiger partial charge in [0.1, 0.15) is 6.04 Å². The Kier molecular flexibility index (Phi) is 5.66. The van der Waals surface area contributed by atoms with Gasteiger partial charge in [0.2, 0.25) is 0 Å². The number of aliphatic carboxylic acids is 1. The van der Waals surface area contributed by atoms with E-state index in [9.17, 15) is 4.79 Å². The van der Waals surface area contributed by atoms with Gasteiger partial charge in [0, 0.05) is 22.4 Å². The van der Waals surface area contributed by atoms with Gasteiger partial charge in [-0.2, -0.15) is 0 Å². The van der Waals surface area contributed by atoms with Crippen LogP contribution in [0.1, 0.15) is 5.56 Å². The molecule has 1 aromatic rings. The molecule has 0 aromatic heterocycles. The van der Waals surface area contributed by atoms with Gasteiger partial charge in [0.15, 0.2) is 0 Å². The van der Waals surface area contributed by atoms with Crippen LogP contribution in [0.3, 0.4) is 0 Å². The van der Waals surface area contributed by atoms with Crippen LogP contribution in [0.4, 0.5) is 0 Å². The van der Waals surface area contributed by atoms with E-state index in [4.69, 9.17) is 10.8 Å². The molecular weight excluding hydrogens is 351 g/mol. The summed E-state index contributed by atoms with van der Waals surface area (Å²) in [6.07, 6.45) is 0.385. The summed E-state index contributed by atoms with van der Waals surface area (Å²) in [6.45, 7) is 0. The Balaban J connectivity index is 0.00000144. The molecule has 0 fully saturated rings. The molecule has 0 aliphatic carbocycles. The first-order valence-corrected chi connectivity index (χ1v) is 3.72. The van der Waals surface area contributed by atoms with Crippen LogP contribution in [0.25, 0.3) is 0 Å². The van der Waals surface area contributed by atoms with Gasteiger partial charge in [-0.05, 0) is 12.0 Å². The van der Waals surface area contributed by atoms with Crippen LogP contribution in [-0.2, 0) is 33.6 Å². The topological polar surface area (TPSA) is 63.3 Å². The van der Waals surface area contributed by atoms with Crippen molar-refractivity contribution in [3.8, 4) is 0 Å². The summed E-state index contributed by atoms with van der Waals surface area (Å²) in [7, 11) is 0. The zero-order valence-corrected chi connectivity index (χ0v) is 9.07.